The molecule has 6 nitrogen and oxygen atoms in total. The molecule has 1 fully saturated rings. The molecule has 1 heterocycles. The maximum absolute atomic E-state index is 11.8. The van der Waals surface area contributed by atoms with Gasteiger partial charge in [-0.2, -0.15) is 0 Å². The molecular weight excluding hydrogens is 451 g/mol. The first-order valence-electron chi connectivity index (χ1n) is 8.60. The average molecular weight is 478 g/mol. The number of aliphatic imine (C=N–C) groups is 1. The van der Waals surface area contributed by atoms with Crippen LogP contribution < -0.4 is 10.6 Å². The zero-order valence-electron chi connectivity index (χ0n) is 14.6. The summed E-state index contributed by atoms with van der Waals surface area (Å²) in [6, 6.07) is 8.94. The van der Waals surface area contributed by atoms with Crippen molar-refractivity contribution in [2.45, 2.75) is 31.7 Å². The van der Waals surface area contributed by atoms with Crippen LogP contribution in [0.3, 0.4) is 0 Å². The summed E-state index contributed by atoms with van der Waals surface area (Å²) in [5.41, 5.74) is 2.84. The average Bonchev–Trinajstić information content (AvgIpc) is 2.92. The van der Waals surface area contributed by atoms with Crippen molar-refractivity contribution in [1.82, 2.24) is 14.9 Å². The maximum Gasteiger partial charge on any atom is 0.214 e. The number of nitrogens with zero attached hydrogens (tertiary/aromatic N) is 2. The monoisotopic (exact) mass is 478 g/mol. The van der Waals surface area contributed by atoms with Crippen LogP contribution in [0.25, 0.3) is 0 Å². The van der Waals surface area contributed by atoms with Gasteiger partial charge in [-0.05, 0) is 36.8 Å². The van der Waals surface area contributed by atoms with Crippen LogP contribution in [0, 0.1) is 0 Å². The molecule has 2 aliphatic rings. The second-order valence-electron chi connectivity index (χ2n) is 6.42. The second kappa shape index (κ2) is 9.18. The Hall–Kier alpha value is -0.870. The van der Waals surface area contributed by atoms with Gasteiger partial charge in [0.25, 0.3) is 0 Å². The summed E-state index contributed by atoms with van der Waals surface area (Å²) < 4.78 is 25.1. The minimum absolute atomic E-state index is 0. The number of rotatable bonds is 4. The van der Waals surface area contributed by atoms with Crippen LogP contribution in [0.5, 0.6) is 0 Å². The van der Waals surface area contributed by atoms with Crippen molar-refractivity contribution in [3.63, 3.8) is 0 Å². The van der Waals surface area contributed by atoms with Gasteiger partial charge in [0, 0.05) is 32.7 Å². The number of sulfonamides is 1. The van der Waals surface area contributed by atoms with E-state index in [0.717, 1.165) is 31.6 Å². The number of nitrogens with one attached hydrogen (secondary N) is 2. The van der Waals surface area contributed by atoms with Gasteiger partial charge in [0.15, 0.2) is 5.96 Å². The Morgan fingerprint density at radius 2 is 2.08 bits per heavy atom. The number of hydrogen-bond acceptors (Lipinski definition) is 3. The van der Waals surface area contributed by atoms with E-state index in [0.29, 0.717) is 25.7 Å². The SMILES string of the molecule is CN=C(NCCN1CCCS1(=O)=O)NC1CCc2ccccc2C1.I. The van der Waals surface area contributed by atoms with Crippen molar-refractivity contribution in [1.29, 1.82) is 0 Å². The Morgan fingerprint density at radius 3 is 2.76 bits per heavy atom. The van der Waals surface area contributed by atoms with Crippen molar-refractivity contribution >= 4 is 40.0 Å². The Balaban J connectivity index is 0.00000225. The smallest absolute Gasteiger partial charge is 0.214 e. The molecule has 1 aromatic carbocycles. The van der Waals surface area contributed by atoms with E-state index in [-0.39, 0.29) is 29.7 Å². The summed E-state index contributed by atoms with van der Waals surface area (Å²) in [7, 11) is -1.27. The number of fused-ring (bicyclic) bond motifs is 1. The lowest BCUT2D eigenvalue weighted by Gasteiger charge is -2.27. The molecule has 140 valence electrons. The third-order valence-electron chi connectivity index (χ3n) is 4.77. The van der Waals surface area contributed by atoms with Crippen molar-refractivity contribution in [3.05, 3.63) is 35.4 Å². The molecule has 25 heavy (non-hydrogen) atoms. The standard InChI is InChI=1S/C17H26N4O2S.HI/c1-18-17(19-9-11-21-10-4-12-24(21,22)23)20-16-8-7-14-5-2-3-6-15(14)13-16;/h2-3,5-6,16H,4,7-13H2,1H3,(H2,18,19,20);1H. The number of hydrogen-bond donors (Lipinski definition) is 2. The quantitative estimate of drug-likeness (QED) is 0.390. The van der Waals surface area contributed by atoms with Crippen LogP contribution in [-0.2, 0) is 22.9 Å². The summed E-state index contributed by atoms with van der Waals surface area (Å²) in [6.07, 6.45) is 3.89. The Morgan fingerprint density at radius 1 is 1.32 bits per heavy atom. The fourth-order valence-electron chi connectivity index (χ4n) is 3.45. The lowest BCUT2D eigenvalue weighted by molar-refractivity contribution is 0.443. The molecule has 1 unspecified atom stereocenters. The third-order valence-corrected chi connectivity index (χ3v) is 6.72. The highest BCUT2D eigenvalue weighted by atomic mass is 127. The van der Waals surface area contributed by atoms with Gasteiger partial charge < -0.3 is 10.6 Å². The normalized spacial score (nSPS) is 22.8. The molecule has 1 aliphatic heterocycles. The van der Waals surface area contributed by atoms with E-state index in [4.69, 9.17) is 0 Å². The minimum atomic E-state index is -3.02. The molecule has 0 radical (unpaired) electrons. The van der Waals surface area contributed by atoms with Gasteiger partial charge in [0.2, 0.25) is 10.0 Å². The number of benzene rings is 1. The molecule has 1 aliphatic carbocycles. The Labute approximate surface area is 167 Å². The molecule has 8 heteroatoms. The zero-order chi connectivity index (χ0) is 17.0. The van der Waals surface area contributed by atoms with E-state index < -0.39 is 10.0 Å². The van der Waals surface area contributed by atoms with E-state index in [2.05, 4.69) is 39.9 Å². The molecule has 0 aromatic heterocycles. The van der Waals surface area contributed by atoms with Gasteiger partial charge in [-0.25, -0.2) is 12.7 Å². The molecule has 3 rings (SSSR count). The van der Waals surface area contributed by atoms with E-state index in [1.165, 1.54) is 11.1 Å². The minimum Gasteiger partial charge on any atom is -0.355 e. The van der Waals surface area contributed by atoms with Crippen molar-refractivity contribution in [3.8, 4) is 0 Å². The topological polar surface area (TPSA) is 73.8 Å². The van der Waals surface area contributed by atoms with E-state index in [1.54, 1.807) is 11.4 Å². The van der Waals surface area contributed by atoms with Crippen LogP contribution >= 0.6 is 24.0 Å². The Bertz CT molecular complexity index is 708. The maximum atomic E-state index is 11.8. The van der Waals surface area contributed by atoms with Crippen molar-refractivity contribution < 1.29 is 8.42 Å². The van der Waals surface area contributed by atoms with Crippen LogP contribution in [0.1, 0.15) is 24.0 Å². The highest BCUT2D eigenvalue weighted by molar-refractivity contribution is 14.0. The van der Waals surface area contributed by atoms with Gasteiger partial charge >= 0.3 is 0 Å². The molecule has 2 N–H and O–H groups in total. The largest absolute Gasteiger partial charge is 0.355 e. The molecule has 1 saturated heterocycles. The summed E-state index contributed by atoms with van der Waals surface area (Å²) in [5.74, 6) is 1.03. The first-order chi connectivity index (χ1) is 11.6. The van der Waals surface area contributed by atoms with Crippen molar-refractivity contribution in [2.24, 2.45) is 4.99 Å². The Kier molecular flexibility index (Phi) is 7.51. The van der Waals surface area contributed by atoms with E-state index >= 15 is 0 Å². The fourth-order valence-corrected chi connectivity index (χ4v) is 4.98. The molecular formula is C17H27IN4O2S. The van der Waals surface area contributed by atoms with E-state index in [1.807, 2.05) is 0 Å². The summed E-state index contributed by atoms with van der Waals surface area (Å²) >= 11 is 0. The first kappa shape index (κ1) is 20.4. The first-order valence-corrected chi connectivity index (χ1v) is 10.2. The predicted octanol–water partition coefficient (Wildman–Crippen LogP) is 1.36. The second-order valence-corrected chi connectivity index (χ2v) is 8.51. The summed E-state index contributed by atoms with van der Waals surface area (Å²) in [4.78, 5) is 4.27. The highest BCUT2D eigenvalue weighted by Crippen LogP contribution is 2.20. The number of guanidine groups is 1. The summed E-state index contributed by atoms with van der Waals surface area (Å²) in [5, 5.41) is 6.70. The molecule has 0 saturated carbocycles. The van der Waals surface area contributed by atoms with Gasteiger partial charge in [0.1, 0.15) is 0 Å². The van der Waals surface area contributed by atoms with Crippen LogP contribution in [-0.4, -0.2) is 57.2 Å². The zero-order valence-corrected chi connectivity index (χ0v) is 17.7. The predicted molar refractivity (Wildman–Crippen MR) is 112 cm³/mol. The third kappa shape index (κ3) is 5.30. The van der Waals surface area contributed by atoms with Gasteiger partial charge in [-0.15, -0.1) is 24.0 Å². The molecule has 1 atom stereocenters. The van der Waals surface area contributed by atoms with Crippen LogP contribution in [0.4, 0.5) is 0 Å². The lowest BCUT2D eigenvalue weighted by Crippen LogP contribution is -2.47. The summed E-state index contributed by atoms with van der Waals surface area (Å²) in [6.45, 7) is 1.70. The van der Waals surface area contributed by atoms with Crippen molar-refractivity contribution in [2.75, 3.05) is 32.4 Å². The molecule has 0 spiro atoms. The lowest BCUT2D eigenvalue weighted by atomic mass is 9.88. The molecule has 0 amide bonds. The molecule has 1 aromatic rings. The molecule has 0 bridgehead atoms. The van der Waals surface area contributed by atoms with Crippen LogP contribution in [0.2, 0.25) is 0 Å². The van der Waals surface area contributed by atoms with Gasteiger partial charge in [-0.1, -0.05) is 24.3 Å². The van der Waals surface area contributed by atoms with Gasteiger partial charge in [0.05, 0.1) is 5.75 Å². The van der Waals surface area contributed by atoms with Crippen LogP contribution in [0.15, 0.2) is 29.3 Å². The number of halogens is 1. The number of aryl methyl sites for hydroxylation is 1. The van der Waals surface area contributed by atoms with Gasteiger partial charge in [-0.3, -0.25) is 4.99 Å². The fraction of sp³-hybridized carbons (Fsp3) is 0.588. The van der Waals surface area contributed by atoms with E-state index in [9.17, 15) is 8.42 Å². The highest BCUT2D eigenvalue weighted by Gasteiger charge is 2.27.